The van der Waals surface area contributed by atoms with E-state index in [1.165, 1.54) is 38.5 Å². The third-order valence-electron chi connectivity index (χ3n) is 9.31. The van der Waals surface area contributed by atoms with Crippen LogP contribution in [-0.4, -0.2) is 28.2 Å². The Kier molecular flexibility index (Phi) is 11.2. The van der Waals surface area contributed by atoms with E-state index in [0.29, 0.717) is 5.71 Å². The van der Waals surface area contributed by atoms with Crippen molar-refractivity contribution in [3.8, 4) is 33.8 Å². The second-order valence-electron chi connectivity index (χ2n) is 13.8. The Balaban J connectivity index is 0.000000167. The summed E-state index contributed by atoms with van der Waals surface area (Å²) in [7, 11) is 0. The number of pyridine rings is 3. The van der Waals surface area contributed by atoms with Gasteiger partial charge in [-0.3, -0.25) is 0 Å². The van der Waals surface area contributed by atoms with Crippen LogP contribution in [0.3, 0.4) is 0 Å². The molecular weight excluding hydrogens is 839 g/mol. The standard InChI is InChI=1S/C22H13N2O.C21H28GeN.Ir/c1-2-7-15(8-3-1)19-13-12-17-16-9-6-10-18(20-11-4-5-14-23-20)21(16)25-22(17)24-19;1-22(2,3)20-16-23-21(18-12-8-5-9-13-18)15-19(20)14-17-10-6-4-7-11-17;/h1-9,11-14H;5,8-9,12,15-17H,4,6-7,10-11,14H2,1-3H3;/q2*-1;. The van der Waals surface area contributed by atoms with Crippen LogP contribution in [0.25, 0.3) is 55.8 Å². The average molecular weight is 881 g/mol. The van der Waals surface area contributed by atoms with Crippen molar-refractivity contribution >= 4 is 39.7 Å². The molecule has 0 amide bonds. The van der Waals surface area contributed by atoms with Gasteiger partial charge in [0.15, 0.2) is 0 Å². The van der Waals surface area contributed by atoms with Crippen LogP contribution in [0.15, 0.2) is 120 Å². The van der Waals surface area contributed by atoms with Gasteiger partial charge >= 0.3 is 144 Å². The van der Waals surface area contributed by atoms with Crippen molar-refractivity contribution in [3.63, 3.8) is 0 Å². The molecule has 8 rings (SSSR count). The summed E-state index contributed by atoms with van der Waals surface area (Å²) in [6, 6.07) is 41.1. The Bertz CT molecular complexity index is 2120. The first kappa shape index (κ1) is 34.9. The molecule has 0 saturated heterocycles. The fourth-order valence-electron chi connectivity index (χ4n) is 6.84. The molecule has 0 bridgehead atoms. The second-order valence-corrected chi connectivity index (χ2v) is 24.4. The third-order valence-corrected chi connectivity index (χ3v) is 13.6. The van der Waals surface area contributed by atoms with Crippen LogP contribution in [0.4, 0.5) is 0 Å². The molecule has 6 heteroatoms. The molecule has 0 atom stereocenters. The van der Waals surface area contributed by atoms with Crippen LogP contribution < -0.4 is 4.40 Å². The van der Waals surface area contributed by atoms with Gasteiger partial charge in [-0.15, -0.1) is 18.2 Å². The van der Waals surface area contributed by atoms with Crippen molar-refractivity contribution in [2.45, 2.75) is 55.8 Å². The molecule has 0 spiro atoms. The monoisotopic (exact) mass is 882 g/mol. The number of aromatic nitrogens is 3. The fourth-order valence-corrected chi connectivity index (χ4v) is 10.2. The molecule has 0 N–H and O–H groups in total. The van der Waals surface area contributed by atoms with Gasteiger partial charge in [0, 0.05) is 37.3 Å². The Morgan fingerprint density at radius 2 is 1.53 bits per heavy atom. The molecule has 4 aromatic heterocycles. The molecule has 249 valence electrons. The van der Waals surface area contributed by atoms with Crippen molar-refractivity contribution < 1.29 is 24.5 Å². The number of furan rings is 1. The Labute approximate surface area is 306 Å². The minimum atomic E-state index is -1.89. The van der Waals surface area contributed by atoms with Crippen LogP contribution in [0.2, 0.25) is 17.3 Å². The number of nitrogens with zero attached hydrogens (tertiary/aromatic N) is 3. The van der Waals surface area contributed by atoms with Crippen LogP contribution in [0, 0.1) is 18.1 Å². The zero-order chi connectivity index (χ0) is 32.9. The minimum Gasteiger partial charge on any atom is -0.486 e. The smallest absolute Gasteiger partial charge is 0.216 e. The molecule has 3 aromatic carbocycles. The fraction of sp³-hybridized carbons (Fsp3) is 0.233. The van der Waals surface area contributed by atoms with Crippen molar-refractivity contribution in [3.05, 3.63) is 133 Å². The maximum atomic E-state index is 6.12. The van der Waals surface area contributed by atoms with Gasteiger partial charge in [0.25, 0.3) is 0 Å². The van der Waals surface area contributed by atoms with Crippen molar-refractivity contribution in [2.75, 3.05) is 0 Å². The van der Waals surface area contributed by atoms with Crippen molar-refractivity contribution in [2.24, 2.45) is 5.92 Å². The summed E-state index contributed by atoms with van der Waals surface area (Å²) < 4.78 is 7.71. The summed E-state index contributed by atoms with van der Waals surface area (Å²) in [5.74, 6) is 8.32. The van der Waals surface area contributed by atoms with Gasteiger partial charge in [0.1, 0.15) is 0 Å². The molecule has 1 fully saturated rings. The van der Waals surface area contributed by atoms with E-state index < -0.39 is 13.3 Å². The first-order chi connectivity index (χ1) is 23.4. The SMILES string of the molecule is [CH3][Ge]([CH3])([CH3])[c]1cnc(-c2[c-]cccc2)cc1CC1CCCCC1.[Ir].[c-]1ccc2c(oc3nc(-c4ccccc4)ccc32)c1-c1ccccn1. The van der Waals surface area contributed by atoms with Gasteiger partial charge in [-0.25, -0.2) is 4.98 Å². The van der Waals surface area contributed by atoms with E-state index >= 15 is 0 Å². The quantitative estimate of drug-likeness (QED) is 0.123. The van der Waals surface area contributed by atoms with Crippen LogP contribution in [0.5, 0.6) is 0 Å². The van der Waals surface area contributed by atoms with E-state index in [4.69, 9.17) is 14.4 Å². The predicted molar refractivity (Wildman–Crippen MR) is 201 cm³/mol. The summed E-state index contributed by atoms with van der Waals surface area (Å²) in [4.78, 5) is 13.9. The number of hydrogen-bond acceptors (Lipinski definition) is 4. The van der Waals surface area contributed by atoms with E-state index in [9.17, 15) is 0 Å². The molecule has 4 nitrogen and oxygen atoms in total. The molecule has 7 aromatic rings. The maximum absolute atomic E-state index is 6.12. The summed E-state index contributed by atoms with van der Waals surface area (Å²) in [5, 5.41) is 2.03. The van der Waals surface area contributed by atoms with Crippen LogP contribution in [-0.2, 0) is 26.5 Å². The minimum absolute atomic E-state index is 0. The molecule has 1 aliphatic carbocycles. The first-order valence-electron chi connectivity index (χ1n) is 17.1. The van der Waals surface area contributed by atoms with Gasteiger partial charge in [0.05, 0.1) is 11.3 Å². The molecule has 1 radical (unpaired) electrons. The van der Waals surface area contributed by atoms with E-state index in [1.807, 2.05) is 78.9 Å². The number of rotatable bonds is 6. The van der Waals surface area contributed by atoms with Crippen molar-refractivity contribution in [1.82, 2.24) is 15.0 Å². The molecule has 4 heterocycles. The molecule has 49 heavy (non-hydrogen) atoms. The third kappa shape index (κ3) is 8.12. The molecule has 1 aliphatic rings. The van der Waals surface area contributed by atoms with E-state index in [1.54, 1.807) is 16.2 Å². The molecule has 0 aliphatic heterocycles. The summed E-state index contributed by atoms with van der Waals surface area (Å²) in [6.07, 6.45) is 12.3. The summed E-state index contributed by atoms with van der Waals surface area (Å²) in [6.45, 7) is 0. The summed E-state index contributed by atoms with van der Waals surface area (Å²) >= 11 is -1.89. The zero-order valence-electron chi connectivity index (χ0n) is 28.4. The van der Waals surface area contributed by atoms with Gasteiger partial charge in [0.2, 0.25) is 5.71 Å². The van der Waals surface area contributed by atoms with Crippen LogP contribution >= 0.6 is 0 Å². The van der Waals surface area contributed by atoms with Gasteiger partial charge in [-0.05, 0) is 23.9 Å². The van der Waals surface area contributed by atoms with Crippen LogP contribution in [0.1, 0.15) is 37.7 Å². The average Bonchev–Trinajstić information content (AvgIpc) is 3.51. The first-order valence-corrected chi connectivity index (χ1v) is 24.5. The molecular formula is C43H41GeIrN3O-2. The zero-order valence-corrected chi connectivity index (χ0v) is 32.9. The Hall–Kier alpha value is -3.90. The van der Waals surface area contributed by atoms with E-state index in [2.05, 4.69) is 64.8 Å². The number of benzene rings is 3. The molecule has 1 saturated carbocycles. The Morgan fingerprint density at radius 1 is 0.735 bits per heavy atom. The predicted octanol–water partition coefficient (Wildman–Crippen LogP) is 10.7. The van der Waals surface area contributed by atoms with Gasteiger partial charge in [-0.1, -0.05) is 53.4 Å². The largest absolute Gasteiger partial charge is 0.486 e. The molecule has 0 unspecified atom stereocenters. The summed E-state index contributed by atoms with van der Waals surface area (Å²) in [5.41, 5.74) is 8.86. The van der Waals surface area contributed by atoms with Gasteiger partial charge < -0.3 is 9.40 Å². The van der Waals surface area contributed by atoms with Gasteiger partial charge in [-0.2, -0.15) is 0 Å². The topological polar surface area (TPSA) is 51.8 Å². The maximum Gasteiger partial charge on any atom is 0.216 e. The van der Waals surface area contributed by atoms with Crippen molar-refractivity contribution in [1.29, 1.82) is 0 Å². The number of fused-ring (bicyclic) bond motifs is 3. The van der Waals surface area contributed by atoms with E-state index in [-0.39, 0.29) is 20.1 Å². The number of hydrogen-bond donors (Lipinski definition) is 0. The normalized spacial score (nSPS) is 13.4. The Morgan fingerprint density at radius 3 is 2.27 bits per heavy atom. The van der Waals surface area contributed by atoms with E-state index in [0.717, 1.165) is 56.0 Å². The second kappa shape index (κ2) is 15.8.